The monoisotopic (exact) mass is 400 g/mol. The molecular formula is C21H26N3O3S+. The highest BCUT2D eigenvalue weighted by Gasteiger charge is 2.32. The Kier molecular flexibility index (Phi) is 5.48. The second-order valence-electron chi connectivity index (χ2n) is 7.49. The molecule has 2 aromatic rings. The number of hydrogen-bond acceptors (Lipinski definition) is 3. The van der Waals surface area contributed by atoms with Crippen LogP contribution in [0.15, 0.2) is 54.6 Å². The molecule has 148 valence electrons. The summed E-state index contributed by atoms with van der Waals surface area (Å²) in [7, 11) is -3.32. The van der Waals surface area contributed by atoms with E-state index in [2.05, 4.69) is 6.07 Å². The minimum atomic E-state index is -3.32. The van der Waals surface area contributed by atoms with Crippen molar-refractivity contribution in [3.8, 4) is 0 Å². The van der Waals surface area contributed by atoms with Gasteiger partial charge in [-0.15, -0.1) is 0 Å². The van der Waals surface area contributed by atoms with E-state index >= 15 is 0 Å². The molecule has 0 aliphatic carbocycles. The van der Waals surface area contributed by atoms with Crippen LogP contribution in [-0.4, -0.2) is 57.9 Å². The summed E-state index contributed by atoms with van der Waals surface area (Å²) in [6, 6.07) is 17.3. The summed E-state index contributed by atoms with van der Waals surface area (Å²) in [6.07, 6.45) is 0.906. The van der Waals surface area contributed by atoms with Crippen LogP contribution in [-0.2, 0) is 27.0 Å². The van der Waals surface area contributed by atoms with Gasteiger partial charge < -0.3 is 9.80 Å². The van der Waals surface area contributed by atoms with Gasteiger partial charge in [-0.1, -0.05) is 48.5 Å². The molecule has 2 aromatic carbocycles. The first kappa shape index (κ1) is 19.1. The fourth-order valence-corrected chi connectivity index (χ4v) is 5.58. The average molecular weight is 401 g/mol. The smallest absolute Gasteiger partial charge is 0.282 e. The zero-order valence-corrected chi connectivity index (χ0v) is 16.7. The number of anilines is 1. The second kappa shape index (κ2) is 8.03. The van der Waals surface area contributed by atoms with Crippen LogP contribution >= 0.6 is 0 Å². The minimum absolute atomic E-state index is 0.0344. The Morgan fingerprint density at radius 1 is 0.929 bits per heavy atom. The number of amides is 1. The maximum absolute atomic E-state index is 12.8. The number of carbonyl (C=O) groups is 1. The van der Waals surface area contributed by atoms with Crippen molar-refractivity contribution in [2.45, 2.75) is 12.2 Å². The molecule has 28 heavy (non-hydrogen) atoms. The summed E-state index contributed by atoms with van der Waals surface area (Å²) >= 11 is 0. The Morgan fingerprint density at radius 2 is 1.61 bits per heavy atom. The molecule has 2 aliphatic rings. The molecule has 4 rings (SSSR count). The van der Waals surface area contributed by atoms with Crippen LogP contribution in [0.2, 0.25) is 0 Å². The quantitative estimate of drug-likeness (QED) is 0.786. The van der Waals surface area contributed by atoms with Crippen LogP contribution in [0.3, 0.4) is 0 Å². The molecule has 7 heteroatoms. The van der Waals surface area contributed by atoms with E-state index in [0.717, 1.165) is 29.1 Å². The van der Waals surface area contributed by atoms with E-state index in [4.69, 9.17) is 0 Å². The fourth-order valence-electron chi connectivity index (χ4n) is 4.04. The number of nitrogens with one attached hydrogen (secondary N) is 1. The van der Waals surface area contributed by atoms with E-state index in [9.17, 15) is 13.2 Å². The number of piperazine rings is 1. The van der Waals surface area contributed by atoms with Crippen molar-refractivity contribution in [3.05, 3.63) is 65.7 Å². The predicted octanol–water partition coefficient (Wildman–Crippen LogP) is 0.306. The van der Waals surface area contributed by atoms with Gasteiger partial charge in [-0.2, -0.15) is 4.31 Å². The highest BCUT2D eigenvalue weighted by atomic mass is 32.2. The SMILES string of the molecule is O=C(C[NH+]1CCN(S(=O)(=O)Cc2ccccc2)CC1)N1CCc2ccccc21. The van der Waals surface area contributed by atoms with E-state index < -0.39 is 10.0 Å². The highest BCUT2D eigenvalue weighted by Crippen LogP contribution is 2.27. The molecule has 0 radical (unpaired) electrons. The van der Waals surface area contributed by atoms with Gasteiger partial charge in [-0.25, -0.2) is 8.42 Å². The molecule has 1 fully saturated rings. The number of sulfonamides is 1. The standard InChI is InChI=1S/C21H25N3O3S/c25-21(24-11-10-19-8-4-5-9-20(19)24)16-22-12-14-23(15-13-22)28(26,27)17-18-6-2-1-3-7-18/h1-9H,10-17H2/p+1. The van der Waals surface area contributed by atoms with Gasteiger partial charge in [-0.3, -0.25) is 4.79 Å². The first-order valence-electron chi connectivity index (χ1n) is 9.76. The zero-order valence-electron chi connectivity index (χ0n) is 15.9. The fraction of sp³-hybridized carbons (Fsp3) is 0.381. The zero-order chi connectivity index (χ0) is 19.6. The normalized spacial score (nSPS) is 18.2. The minimum Gasteiger partial charge on any atom is -0.325 e. The number of fused-ring (bicyclic) bond motifs is 1. The van der Waals surface area contributed by atoms with Crippen LogP contribution in [0.1, 0.15) is 11.1 Å². The van der Waals surface area contributed by atoms with Crippen molar-refractivity contribution in [3.63, 3.8) is 0 Å². The molecular weight excluding hydrogens is 374 g/mol. The van der Waals surface area contributed by atoms with Gasteiger partial charge in [0.05, 0.1) is 31.9 Å². The van der Waals surface area contributed by atoms with E-state index in [1.54, 1.807) is 4.31 Å². The molecule has 0 unspecified atom stereocenters. The molecule has 1 saturated heterocycles. The highest BCUT2D eigenvalue weighted by molar-refractivity contribution is 7.88. The second-order valence-corrected chi connectivity index (χ2v) is 9.46. The van der Waals surface area contributed by atoms with Crippen LogP contribution in [0.4, 0.5) is 5.69 Å². The van der Waals surface area contributed by atoms with E-state index in [0.29, 0.717) is 32.7 Å². The lowest BCUT2D eigenvalue weighted by Crippen LogP contribution is -3.15. The number of benzene rings is 2. The molecule has 0 aromatic heterocycles. The van der Waals surface area contributed by atoms with Gasteiger partial charge in [0.1, 0.15) is 0 Å². The van der Waals surface area contributed by atoms with Crippen LogP contribution in [0.5, 0.6) is 0 Å². The van der Waals surface area contributed by atoms with E-state index in [1.807, 2.05) is 53.4 Å². The Morgan fingerprint density at radius 3 is 2.36 bits per heavy atom. The third kappa shape index (κ3) is 4.11. The number of rotatable bonds is 5. The molecule has 0 atom stereocenters. The van der Waals surface area contributed by atoms with Crippen molar-refractivity contribution in [1.82, 2.24) is 4.31 Å². The molecule has 0 spiro atoms. The Bertz CT molecular complexity index is 938. The van der Waals surface area contributed by atoms with Crippen molar-refractivity contribution >= 4 is 21.6 Å². The summed E-state index contributed by atoms with van der Waals surface area (Å²) in [5.74, 6) is 0.160. The van der Waals surface area contributed by atoms with Crippen molar-refractivity contribution in [2.24, 2.45) is 0 Å². The van der Waals surface area contributed by atoms with Crippen molar-refractivity contribution in [1.29, 1.82) is 0 Å². The lowest BCUT2D eigenvalue weighted by molar-refractivity contribution is -0.895. The summed E-state index contributed by atoms with van der Waals surface area (Å²) < 4.78 is 26.9. The van der Waals surface area contributed by atoms with Crippen LogP contribution in [0, 0.1) is 0 Å². The molecule has 1 N–H and O–H groups in total. The van der Waals surface area contributed by atoms with Crippen LogP contribution < -0.4 is 9.80 Å². The number of nitrogens with zero attached hydrogens (tertiary/aromatic N) is 2. The van der Waals surface area contributed by atoms with Crippen molar-refractivity contribution < 1.29 is 18.1 Å². The maximum atomic E-state index is 12.8. The van der Waals surface area contributed by atoms with Crippen LogP contribution in [0.25, 0.3) is 0 Å². The Hall–Kier alpha value is -2.22. The summed E-state index contributed by atoms with van der Waals surface area (Å²) in [5.41, 5.74) is 3.05. The Labute approximate surface area is 166 Å². The number of para-hydroxylation sites is 1. The molecule has 2 heterocycles. The van der Waals surface area contributed by atoms with Gasteiger partial charge in [0.15, 0.2) is 6.54 Å². The third-order valence-electron chi connectivity index (χ3n) is 5.60. The third-order valence-corrected chi connectivity index (χ3v) is 7.45. The lowest BCUT2D eigenvalue weighted by Gasteiger charge is -2.32. The number of carbonyl (C=O) groups excluding carboxylic acids is 1. The largest absolute Gasteiger partial charge is 0.325 e. The molecule has 2 aliphatic heterocycles. The molecule has 0 saturated carbocycles. The van der Waals surface area contributed by atoms with Crippen molar-refractivity contribution in [2.75, 3.05) is 44.2 Å². The molecule has 1 amide bonds. The first-order valence-corrected chi connectivity index (χ1v) is 11.4. The maximum Gasteiger partial charge on any atom is 0.282 e. The Balaban J connectivity index is 1.31. The van der Waals surface area contributed by atoms with Gasteiger partial charge in [0.25, 0.3) is 5.91 Å². The van der Waals surface area contributed by atoms with Gasteiger partial charge >= 0.3 is 0 Å². The first-order chi connectivity index (χ1) is 13.5. The lowest BCUT2D eigenvalue weighted by atomic mass is 10.2. The van der Waals surface area contributed by atoms with Gasteiger partial charge in [-0.05, 0) is 23.6 Å². The summed E-state index contributed by atoms with van der Waals surface area (Å²) in [6.45, 7) is 3.41. The summed E-state index contributed by atoms with van der Waals surface area (Å²) in [4.78, 5) is 15.8. The predicted molar refractivity (Wildman–Crippen MR) is 109 cm³/mol. The van der Waals surface area contributed by atoms with Gasteiger partial charge in [0.2, 0.25) is 10.0 Å². The van der Waals surface area contributed by atoms with E-state index in [1.165, 1.54) is 5.56 Å². The van der Waals surface area contributed by atoms with E-state index in [-0.39, 0.29) is 11.7 Å². The molecule has 0 bridgehead atoms. The van der Waals surface area contributed by atoms with Gasteiger partial charge in [0, 0.05) is 12.2 Å². The number of quaternary nitrogens is 1. The summed E-state index contributed by atoms with van der Waals surface area (Å²) in [5, 5.41) is 0. The molecule has 6 nitrogen and oxygen atoms in total. The topological polar surface area (TPSA) is 62.1 Å². The average Bonchev–Trinajstić information content (AvgIpc) is 3.13. The number of hydrogen-bond donors (Lipinski definition) is 1.